The second-order valence-electron chi connectivity index (χ2n) is 6.99. The van der Waals surface area contributed by atoms with E-state index in [1.165, 1.54) is 51.4 Å². The summed E-state index contributed by atoms with van der Waals surface area (Å²) in [6.45, 7) is 4.18. The standard InChI is InChI=1S/C19H26ClN3O/c1-3-4-5-6-14-7-9-15(10-8-14)18-22-19(24-23-18)16-11-13(2)21-17(20)12-16/h11-12,14-15H,3-10H2,1-2H3/t14-,15-. The Bertz CT molecular complexity index is 642. The molecule has 0 bridgehead atoms. The molecule has 0 atom stereocenters. The summed E-state index contributed by atoms with van der Waals surface area (Å²) in [5, 5.41) is 4.68. The predicted molar refractivity (Wildman–Crippen MR) is 96.1 cm³/mol. The van der Waals surface area contributed by atoms with Crippen LogP contribution in [0.3, 0.4) is 0 Å². The Labute approximate surface area is 149 Å². The Balaban J connectivity index is 1.60. The van der Waals surface area contributed by atoms with Crippen LogP contribution in [0.4, 0.5) is 0 Å². The Morgan fingerprint density at radius 1 is 1.12 bits per heavy atom. The van der Waals surface area contributed by atoms with Gasteiger partial charge in [0.1, 0.15) is 5.15 Å². The molecule has 2 heterocycles. The van der Waals surface area contributed by atoms with Gasteiger partial charge >= 0.3 is 0 Å². The van der Waals surface area contributed by atoms with Gasteiger partial charge in [0.25, 0.3) is 5.89 Å². The molecule has 24 heavy (non-hydrogen) atoms. The highest BCUT2D eigenvalue weighted by molar-refractivity contribution is 6.29. The van der Waals surface area contributed by atoms with E-state index in [1.54, 1.807) is 6.07 Å². The third kappa shape index (κ3) is 4.35. The van der Waals surface area contributed by atoms with Crippen LogP contribution in [0, 0.1) is 12.8 Å². The third-order valence-corrected chi connectivity index (χ3v) is 5.23. The first kappa shape index (κ1) is 17.4. The van der Waals surface area contributed by atoms with Crippen LogP contribution in [0.2, 0.25) is 5.15 Å². The van der Waals surface area contributed by atoms with E-state index in [2.05, 4.69) is 22.0 Å². The molecule has 1 aliphatic carbocycles. The SMILES string of the molecule is CCCCC[C@H]1CC[C@H](c2noc(-c3cc(C)nc(Cl)c3)n2)CC1. The minimum atomic E-state index is 0.434. The lowest BCUT2D eigenvalue weighted by Gasteiger charge is -2.26. The molecule has 1 saturated carbocycles. The molecule has 0 amide bonds. The smallest absolute Gasteiger partial charge is 0.258 e. The minimum absolute atomic E-state index is 0.434. The van der Waals surface area contributed by atoms with E-state index in [0.29, 0.717) is 17.0 Å². The summed E-state index contributed by atoms with van der Waals surface area (Å²) >= 11 is 6.02. The second kappa shape index (κ2) is 8.11. The van der Waals surface area contributed by atoms with E-state index in [4.69, 9.17) is 16.1 Å². The number of halogens is 1. The van der Waals surface area contributed by atoms with Crippen LogP contribution in [0.25, 0.3) is 11.5 Å². The van der Waals surface area contributed by atoms with Crippen molar-refractivity contribution in [3.05, 3.63) is 28.8 Å². The molecule has 0 spiro atoms. The van der Waals surface area contributed by atoms with Crippen molar-refractivity contribution < 1.29 is 4.52 Å². The average molecular weight is 348 g/mol. The second-order valence-corrected chi connectivity index (χ2v) is 7.38. The maximum atomic E-state index is 6.02. The highest BCUT2D eigenvalue weighted by Crippen LogP contribution is 2.37. The number of aryl methyl sites for hydroxylation is 1. The molecule has 0 unspecified atom stereocenters. The molecule has 3 rings (SSSR count). The van der Waals surface area contributed by atoms with Crippen molar-refractivity contribution in [2.75, 3.05) is 0 Å². The molecule has 2 aromatic heterocycles. The number of hydrogen-bond acceptors (Lipinski definition) is 4. The van der Waals surface area contributed by atoms with Crippen molar-refractivity contribution in [2.45, 2.75) is 71.1 Å². The van der Waals surface area contributed by atoms with Crippen molar-refractivity contribution in [1.29, 1.82) is 0 Å². The Hall–Kier alpha value is -1.42. The summed E-state index contributed by atoms with van der Waals surface area (Å²) in [6, 6.07) is 3.70. The Kier molecular flexibility index (Phi) is 5.88. The summed E-state index contributed by atoms with van der Waals surface area (Å²) in [5.74, 6) is 2.72. The lowest BCUT2D eigenvalue weighted by molar-refractivity contribution is 0.292. The summed E-state index contributed by atoms with van der Waals surface area (Å²) in [5.41, 5.74) is 1.70. The topological polar surface area (TPSA) is 51.8 Å². The van der Waals surface area contributed by atoms with Crippen molar-refractivity contribution in [2.24, 2.45) is 5.92 Å². The van der Waals surface area contributed by atoms with Gasteiger partial charge in [-0.2, -0.15) is 4.98 Å². The van der Waals surface area contributed by atoms with Crippen molar-refractivity contribution in [3.8, 4) is 11.5 Å². The molecular formula is C19H26ClN3O. The van der Waals surface area contributed by atoms with Crippen LogP contribution in [-0.2, 0) is 0 Å². The van der Waals surface area contributed by atoms with Crippen molar-refractivity contribution in [1.82, 2.24) is 15.1 Å². The van der Waals surface area contributed by atoms with Gasteiger partial charge < -0.3 is 4.52 Å². The fraction of sp³-hybridized carbons (Fsp3) is 0.632. The lowest BCUT2D eigenvalue weighted by atomic mass is 9.79. The normalized spacial score (nSPS) is 21.1. The van der Waals surface area contributed by atoms with E-state index in [-0.39, 0.29) is 0 Å². The van der Waals surface area contributed by atoms with Gasteiger partial charge in [0, 0.05) is 17.2 Å². The Morgan fingerprint density at radius 2 is 1.92 bits per heavy atom. The molecule has 0 saturated heterocycles. The molecule has 130 valence electrons. The summed E-state index contributed by atoms with van der Waals surface area (Å²) < 4.78 is 5.47. The van der Waals surface area contributed by atoms with E-state index >= 15 is 0 Å². The molecule has 0 N–H and O–H groups in total. The monoisotopic (exact) mass is 347 g/mol. The summed E-state index contributed by atoms with van der Waals surface area (Å²) in [7, 11) is 0. The molecule has 0 radical (unpaired) electrons. The largest absolute Gasteiger partial charge is 0.334 e. The first-order valence-electron chi connectivity index (χ1n) is 9.14. The molecule has 2 aromatic rings. The van der Waals surface area contributed by atoms with Crippen LogP contribution in [0.5, 0.6) is 0 Å². The molecular weight excluding hydrogens is 322 g/mol. The Morgan fingerprint density at radius 3 is 2.62 bits per heavy atom. The fourth-order valence-corrected chi connectivity index (χ4v) is 3.91. The van der Waals surface area contributed by atoms with Crippen LogP contribution in [0.15, 0.2) is 16.7 Å². The van der Waals surface area contributed by atoms with Crippen molar-refractivity contribution >= 4 is 11.6 Å². The number of pyridine rings is 1. The van der Waals surface area contributed by atoms with Crippen LogP contribution in [-0.4, -0.2) is 15.1 Å². The van der Waals surface area contributed by atoms with Gasteiger partial charge in [0.05, 0.1) is 0 Å². The van der Waals surface area contributed by atoms with E-state index in [9.17, 15) is 0 Å². The summed E-state index contributed by atoms with van der Waals surface area (Å²) in [4.78, 5) is 8.79. The maximum absolute atomic E-state index is 6.02. The van der Waals surface area contributed by atoms with Gasteiger partial charge in [-0.1, -0.05) is 49.4 Å². The number of aromatic nitrogens is 3. The molecule has 0 aliphatic heterocycles. The number of rotatable bonds is 6. The average Bonchev–Trinajstić information content (AvgIpc) is 3.05. The molecule has 0 aromatic carbocycles. The third-order valence-electron chi connectivity index (χ3n) is 5.04. The predicted octanol–water partition coefficient (Wildman–Crippen LogP) is 5.95. The van der Waals surface area contributed by atoms with E-state index in [0.717, 1.165) is 23.0 Å². The van der Waals surface area contributed by atoms with Crippen LogP contribution in [0.1, 0.15) is 75.7 Å². The van der Waals surface area contributed by atoms with Gasteiger partial charge in [0.15, 0.2) is 5.82 Å². The lowest BCUT2D eigenvalue weighted by Crippen LogP contribution is -2.14. The molecule has 4 nitrogen and oxygen atoms in total. The zero-order valence-electron chi connectivity index (χ0n) is 14.6. The molecule has 1 aliphatic rings. The zero-order chi connectivity index (χ0) is 16.9. The van der Waals surface area contributed by atoms with E-state index in [1.807, 2.05) is 13.0 Å². The van der Waals surface area contributed by atoms with Gasteiger partial charge in [-0.25, -0.2) is 4.98 Å². The first-order chi connectivity index (χ1) is 11.7. The van der Waals surface area contributed by atoms with E-state index < -0.39 is 0 Å². The van der Waals surface area contributed by atoms with Gasteiger partial charge in [0.2, 0.25) is 0 Å². The van der Waals surface area contributed by atoms with Gasteiger partial charge in [-0.15, -0.1) is 0 Å². The summed E-state index contributed by atoms with van der Waals surface area (Å²) in [6.07, 6.45) is 10.4. The van der Waals surface area contributed by atoms with Gasteiger partial charge in [-0.3, -0.25) is 0 Å². The number of nitrogens with zero attached hydrogens (tertiary/aromatic N) is 3. The fourth-order valence-electron chi connectivity index (χ4n) is 3.66. The first-order valence-corrected chi connectivity index (χ1v) is 9.51. The number of unbranched alkanes of at least 4 members (excludes halogenated alkanes) is 2. The quantitative estimate of drug-likeness (QED) is 0.478. The highest BCUT2D eigenvalue weighted by Gasteiger charge is 2.26. The maximum Gasteiger partial charge on any atom is 0.258 e. The van der Waals surface area contributed by atoms with Crippen LogP contribution >= 0.6 is 11.6 Å². The van der Waals surface area contributed by atoms with Crippen molar-refractivity contribution in [3.63, 3.8) is 0 Å². The highest BCUT2D eigenvalue weighted by atomic mass is 35.5. The van der Waals surface area contributed by atoms with Crippen LogP contribution < -0.4 is 0 Å². The van der Waals surface area contributed by atoms with Gasteiger partial charge in [-0.05, 0) is 50.7 Å². The number of hydrogen-bond donors (Lipinski definition) is 0. The zero-order valence-corrected chi connectivity index (χ0v) is 15.4. The molecule has 5 heteroatoms. The minimum Gasteiger partial charge on any atom is -0.334 e. The molecule has 1 fully saturated rings.